The molecule has 23 heteroatoms. The maximum absolute atomic E-state index is 12.8. The lowest BCUT2D eigenvalue weighted by Gasteiger charge is -2.63. The van der Waals surface area contributed by atoms with Crippen LogP contribution in [-0.2, 0) is 66.4 Å². The number of rotatable bonds is 15. The van der Waals surface area contributed by atoms with Crippen molar-refractivity contribution in [3.63, 3.8) is 0 Å². The van der Waals surface area contributed by atoms with E-state index >= 15 is 0 Å². The SMILES string of the molecule is CO[C@@H]1[C@@H](O)[C@H](O[C@H]2CC[C@@]3(C)[C@@H](CC[C@@H]4[C@@H]3CC[C@]3(C)[C@@H](C(C)=O)[C@H](O)[C@@H](O)[C@]43O)C2)O[C@H](C)[C@H]1O[C@@H]1C[C@@H](O)[C@@H](O[C@@H]2C[C@H](OC)[C@@H](O[C@H]3C[C@@H](OC)[C@H](O[C@@H]4O[C@H](CO)[C@@H](O)[C@H](O)[C@H]4O)[C@@H](C)O3)[C@H](C)O2)[C@H](C)O1. The Hall–Kier alpha value is -1.21. The molecule has 0 unspecified atom stereocenters. The Bertz CT molecular complexity index is 1960. The van der Waals surface area contributed by atoms with E-state index in [0.717, 1.165) is 25.7 Å². The van der Waals surface area contributed by atoms with Gasteiger partial charge in [0.25, 0.3) is 0 Å². The average Bonchev–Trinajstić information content (AvgIpc) is 3.85. The van der Waals surface area contributed by atoms with E-state index in [0.29, 0.717) is 19.3 Å². The lowest BCUT2D eigenvalue weighted by molar-refractivity contribution is -0.362. The molecular formula is C54H90O23. The molecule has 5 heterocycles. The molecule has 0 spiro atoms. The molecule has 0 aromatic rings. The third-order valence-electron chi connectivity index (χ3n) is 20.2. The number of methoxy groups -OCH3 is 3. The number of hydrogen-bond acceptors (Lipinski definition) is 23. The highest BCUT2D eigenvalue weighted by Gasteiger charge is 2.74. The molecule has 0 aromatic carbocycles. The molecule has 444 valence electrons. The van der Waals surface area contributed by atoms with Crippen LogP contribution < -0.4 is 0 Å². The van der Waals surface area contributed by atoms with E-state index in [1.165, 1.54) is 21.1 Å². The maximum Gasteiger partial charge on any atom is 0.187 e. The summed E-state index contributed by atoms with van der Waals surface area (Å²) in [6, 6.07) is 0. The quantitative estimate of drug-likeness (QED) is 0.0970. The van der Waals surface area contributed by atoms with Crippen LogP contribution in [0.15, 0.2) is 0 Å². The van der Waals surface area contributed by atoms with Crippen molar-refractivity contribution in [1.29, 1.82) is 0 Å². The van der Waals surface area contributed by atoms with Crippen LogP contribution in [0.5, 0.6) is 0 Å². The van der Waals surface area contributed by atoms with Gasteiger partial charge in [-0.3, -0.25) is 4.79 Å². The fourth-order valence-corrected chi connectivity index (χ4v) is 16.0. The third-order valence-corrected chi connectivity index (χ3v) is 20.2. The zero-order valence-corrected chi connectivity index (χ0v) is 46.3. The Kier molecular flexibility index (Phi) is 18.7. The largest absolute Gasteiger partial charge is 0.394 e. The molecule has 5 aliphatic heterocycles. The van der Waals surface area contributed by atoms with Crippen LogP contribution >= 0.6 is 0 Å². The molecule has 9 fully saturated rings. The van der Waals surface area contributed by atoms with Crippen LogP contribution in [0.2, 0.25) is 0 Å². The molecular weight excluding hydrogens is 1020 g/mol. The van der Waals surface area contributed by atoms with Gasteiger partial charge in [0.2, 0.25) is 0 Å². The van der Waals surface area contributed by atoms with Crippen LogP contribution in [0.25, 0.3) is 0 Å². The van der Waals surface area contributed by atoms with Gasteiger partial charge in [0, 0.05) is 46.0 Å². The molecule has 4 saturated carbocycles. The van der Waals surface area contributed by atoms with Crippen LogP contribution in [0, 0.1) is 34.5 Å². The van der Waals surface area contributed by atoms with Crippen LogP contribution in [0.3, 0.4) is 0 Å². The van der Waals surface area contributed by atoms with Crippen molar-refractivity contribution in [2.75, 3.05) is 27.9 Å². The van der Waals surface area contributed by atoms with Gasteiger partial charge >= 0.3 is 0 Å². The summed E-state index contributed by atoms with van der Waals surface area (Å²) in [5.74, 6) is -0.965. The molecule has 0 bridgehead atoms. The van der Waals surface area contributed by atoms with Crippen molar-refractivity contribution in [2.45, 2.75) is 272 Å². The Morgan fingerprint density at radius 2 is 1.10 bits per heavy atom. The Morgan fingerprint density at radius 3 is 1.69 bits per heavy atom. The molecule has 32 atom stereocenters. The first kappa shape index (κ1) is 60.4. The van der Waals surface area contributed by atoms with Gasteiger partial charge in [-0.15, -0.1) is 0 Å². The maximum atomic E-state index is 12.8. The Labute approximate surface area is 451 Å². The number of aliphatic hydroxyl groups excluding tert-OH is 8. The van der Waals surface area contributed by atoms with E-state index in [1.54, 1.807) is 21.0 Å². The van der Waals surface area contributed by atoms with Gasteiger partial charge in [-0.25, -0.2) is 0 Å². The van der Waals surface area contributed by atoms with Gasteiger partial charge in [-0.05, 0) is 103 Å². The number of carbonyl (C=O) groups is 1. The summed E-state index contributed by atoms with van der Waals surface area (Å²) in [4.78, 5) is 12.8. The number of ether oxygens (including phenoxy) is 13. The highest BCUT2D eigenvalue weighted by molar-refractivity contribution is 5.81. The number of hydrogen-bond donors (Lipinski definition) is 9. The summed E-state index contributed by atoms with van der Waals surface area (Å²) in [6.45, 7) is 12.1. The number of ketones is 1. The monoisotopic (exact) mass is 1110 g/mol. The molecule has 23 nitrogen and oxygen atoms in total. The molecule has 4 aliphatic carbocycles. The Balaban J connectivity index is 0.745. The highest BCUT2D eigenvalue weighted by Crippen LogP contribution is 2.69. The highest BCUT2D eigenvalue weighted by atomic mass is 16.8. The normalized spacial score (nSPS) is 55.2. The minimum Gasteiger partial charge on any atom is -0.394 e. The zero-order valence-electron chi connectivity index (χ0n) is 46.3. The van der Waals surface area contributed by atoms with E-state index in [4.69, 9.17) is 61.6 Å². The number of Topliss-reactive ketones (excluding diaryl/α,β-unsaturated/α-hetero) is 1. The van der Waals surface area contributed by atoms with Gasteiger partial charge < -0.3 is 108 Å². The molecule has 9 rings (SSSR count). The van der Waals surface area contributed by atoms with Crippen molar-refractivity contribution >= 4 is 5.78 Å². The van der Waals surface area contributed by atoms with Crippen LogP contribution in [0.1, 0.15) is 113 Å². The topological polar surface area (TPSA) is 319 Å². The van der Waals surface area contributed by atoms with Crippen molar-refractivity contribution in [3.05, 3.63) is 0 Å². The molecule has 9 N–H and O–H groups in total. The number of carbonyl (C=O) groups excluding carboxylic acids is 1. The predicted octanol–water partition coefficient (Wildman–Crippen LogP) is -0.0670. The van der Waals surface area contributed by atoms with Crippen molar-refractivity contribution in [2.24, 2.45) is 34.5 Å². The van der Waals surface area contributed by atoms with E-state index in [1.807, 2.05) is 20.8 Å². The lowest BCUT2D eigenvalue weighted by Crippen LogP contribution is -2.66. The van der Waals surface area contributed by atoms with Gasteiger partial charge in [-0.2, -0.15) is 0 Å². The second-order valence-electron chi connectivity index (χ2n) is 24.5. The molecule has 0 aromatic heterocycles. The smallest absolute Gasteiger partial charge is 0.187 e. The van der Waals surface area contributed by atoms with Crippen molar-refractivity contribution < 1.29 is 112 Å². The van der Waals surface area contributed by atoms with E-state index in [2.05, 4.69) is 6.92 Å². The Morgan fingerprint density at radius 1 is 0.545 bits per heavy atom. The minimum absolute atomic E-state index is 0.0307. The summed E-state index contributed by atoms with van der Waals surface area (Å²) in [6.07, 6.45) is -18.1. The van der Waals surface area contributed by atoms with Crippen molar-refractivity contribution in [1.82, 2.24) is 0 Å². The summed E-state index contributed by atoms with van der Waals surface area (Å²) in [5, 5.41) is 99.0. The standard InChI is InChI=1S/C54H90O23/c1-22(56)38-40(59)49(63)54(64)30-12-11-27-17-28(13-15-52(27,6)29(30)14-16-53(38,54)7)72-51-43(62)48(67-10)47(26(5)71-51)76-35-18-31(57)44(23(2)68-35)74-36-19-32(65-8)45(24(3)69-36)75-37-20-33(66-9)46(25(4)70-37)77-50-42(61)41(60)39(58)34(21-55)73-50/h23-51,55,57-64H,11-21H2,1-10H3/t23-,24-,25+,26+,27-,28-,29-,30+,31+,32-,33+,34+,35+,36+,37-,38-,39+,40-,41-,42+,43+,44-,45-,46+,47+,48+,49+,50-,51-,52-,53+,54+/m0/s1. The molecule has 5 saturated heterocycles. The van der Waals surface area contributed by atoms with Crippen LogP contribution in [0.4, 0.5) is 0 Å². The lowest BCUT2D eigenvalue weighted by atomic mass is 9.43. The summed E-state index contributed by atoms with van der Waals surface area (Å²) >= 11 is 0. The van der Waals surface area contributed by atoms with E-state index in [-0.39, 0.29) is 54.3 Å². The summed E-state index contributed by atoms with van der Waals surface area (Å²) < 4.78 is 80.3. The molecule has 0 amide bonds. The van der Waals surface area contributed by atoms with E-state index < -0.39 is 171 Å². The third kappa shape index (κ3) is 10.9. The first-order valence-electron chi connectivity index (χ1n) is 28.2. The van der Waals surface area contributed by atoms with Crippen LogP contribution in [-0.4, -0.2) is 239 Å². The molecule has 0 radical (unpaired) electrons. The average molecular weight is 1110 g/mol. The van der Waals surface area contributed by atoms with Gasteiger partial charge in [-0.1, -0.05) is 13.8 Å². The number of aliphatic hydroxyl groups is 9. The summed E-state index contributed by atoms with van der Waals surface area (Å²) in [7, 11) is 4.54. The predicted molar refractivity (Wildman–Crippen MR) is 264 cm³/mol. The van der Waals surface area contributed by atoms with E-state index in [9.17, 15) is 50.8 Å². The minimum atomic E-state index is -1.61. The first-order valence-corrected chi connectivity index (χ1v) is 28.2. The van der Waals surface area contributed by atoms with Crippen molar-refractivity contribution in [3.8, 4) is 0 Å². The van der Waals surface area contributed by atoms with Gasteiger partial charge in [0.15, 0.2) is 31.5 Å². The summed E-state index contributed by atoms with van der Waals surface area (Å²) in [5.41, 5.74) is -2.67. The van der Waals surface area contributed by atoms with Gasteiger partial charge in [0.1, 0.15) is 78.5 Å². The number of fused-ring (bicyclic) bond motifs is 5. The molecule has 9 aliphatic rings. The first-order chi connectivity index (χ1) is 36.4. The zero-order chi connectivity index (χ0) is 55.8. The second kappa shape index (κ2) is 23.8. The fourth-order valence-electron chi connectivity index (χ4n) is 16.0. The van der Waals surface area contributed by atoms with Gasteiger partial charge in [0.05, 0.1) is 67.5 Å². The second-order valence-corrected chi connectivity index (χ2v) is 24.5. The molecule has 77 heavy (non-hydrogen) atoms. The fraction of sp³-hybridized carbons (Fsp3) is 0.981.